The highest BCUT2D eigenvalue weighted by molar-refractivity contribution is 5.90. The Kier molecular flexibility index (Phi) is 4.39. The molecule has 1 atom stereocenters. The summed E-state index contributed by atoms with van der Waals surface area (Å²) in [6.07, 6.45) is -1.23. The second-order valence-electron chi connectivity index (χ2n) is 4.81. The number of nitrogens with zero attached hydrogens (tertiary/aromatic N) is 2. The third kappa shape index (κ3) is 3.78. The predicted octanol–water partition coefficient (Wildman–Crippen LogP) is 3.32. The van der Waals surface area contributed by atoms with E-state index < -0.39 is 17.8 Å². The zero-order chi connectivity index (χ0) is 16.3. The van der Waals surface area contributed by atoms with Crippen LogP contribution in [0.1, 0.15) is 24.1 Å². The van der Waals surface area contributed by atoms with Crippen LogP contribution in [0.15, 0.2) is 36.7 Å². The molecule has 0 bridgehead atoms. The van der Waals surface area contributed by atoms with Crippen molar-refractivity contribution in [2.45, 2.75) is 19.1 Å². The number of amides is 2. The predicted molar refractivity (Wildman–Crippen MR) is 75.2 cm³/mol. The maximum absolute atomic E-state index is 12.8. The third-order valence-corrected chi connectivity index (χ3v) is 3.05. The van der Waals surface area contributed by atoms with Crippen molar-refractivity contribution in [2.24, 2.45) is 7.05 Å². The van der Waals surface area contributed by atoms with Gasteiger partial charge in [-0.3, -0.25) is 4.68 Å². The largest absolute Gasteiger partial charge is 0.418 e. The van der Waals surface area contributed by atoms with Crippen molar-refractivity contribution >= 4 is 11.7 Å². The average molecular weight is 312 g/mol. The Balaban J connectivity index is 2.07. The second kappa shape index (κ2) is 6.08. The minimum Gasteiger partial charge on any atom is -0.331 e. The van der Waals surface area contributed by atoms with E-state index in [-0.39, 0.29) is 11.7 Å². The van der Waals surface area contributed by atoms with Crippen molar-refractivity contribution in [1.82, 2.24) is 15.1 Å². The molecule has 1 heterocycles. The number of hydrogen-bond donors (Lipinski definition) is 2. The van der Waals surface area contributed by atoms with Gasteiger partial charge in [0.1, 0.15) is 0 Å². The number of anilines is 1. The Labute approximate surface area is 125 Å². The first-order valence-electron chi connectivity index (χ1n) is 6.49. The minimum atomic E-state index is -4.53. The summed E-state index contributed by atoms with van der Waals surface area (Å²) in [5.41, 5.74) is -0.424. The van der Waals surface area contributed by atoms with Crippen molar-refractivity contribution in [3.8, 4) is 0 Å². The fourth-order valence-corrected chi connectivity index (χ4v) is 1.94. The van der Waals surface area contributed by atoms with Crippen molar-refractivity contribution in [3.63, 3.8) is 0 Å². The van der Waals surface area contributed by atoms with Crippen LogP contribution in [0.25, 0.3) is 0 Å². The number of aromatic nitrogens is 2. The Bertz CT molecular complexity index is 666. The maximum Gasteiger partial charge on any atom is 0.418 e. The molecule has 1 unspecified atom stereocenters. The molecular weight excluding hydrogens is 297 g/mol. The van der Waals surface area contributed by atoms with E-state index in [1.807, 2.05) is 0 Å². The van der Waals surface area contributed by atoms with Gasteiger partial charge in [0.05, 0.1) is 23.5 Å². The molecule has 0 radical (unpaired) electrons. The summed E-state index contributed by atoms with van der Waals surface area (Å²) in [7, 11) is 1.73. The number of benzene rings is 1. The SMILES string of the molecule is CC(NC(=O)Nc1ccccc1C(F)(F)F)c1cnn(C)c1. The molecule has 1 aromatic heterocycles. The van der Waals surface area contributed by atoms with E-state index in [0.717, 1.165) is 11.6 Å². The highest BCUT2D eigenvalue weighted by Crippen LogP contribution is 2.34. The molecule has 0 fully saturated rings. The van der Waals surface area contributed by atoms with Gasteiger partial charge in [-0.1, -0.05) is 12.1 Å². The summed E-state index contributed by atoms with van der Waals surface area (Å²) < 4.78 is 40.1. The summed E-state index contributed by atoms with van der Waals surface area (Å²) in [6, 6.07) is 3.72. The van der Waals surface area contributed by atoms with Crippen molar-refractivity contribution in [1.29, 1.82) is 0 Å². The second-order valence-corrected chi connectivity index (χ2v) is 4.81. The van der Waals surface area contributed by atoms with Gasteiger partial charge in [0.2, 0.25) is 0 Å². The third-order valence-electron chi connectivity index (χ3n) is 3.05. The molecule has 0 aliphatic rings. The lowest BCUT2D eigenvalue weighted by Crippen LogP contribution is -2.31. The molecule has 0 saturated carbocycles. The summed E-state index contributed by atoms with van der Waals surface area (Å²) >= 11 is 0. The number of halogens is 3. The molecule has 5 nitrogen and oxygen atoms in total. The van der Waals surface area contributed by atoms with Gasteiger partial charge >= 0.3 is 12.2 Å². The Morgan fingerprint density at radius 2 is 2.00 bits per heavy atom. The quantitative estimate of drug-likeness (QED) is 0.913. The van der Waals surface area contributed by atoms with E-state index in [1.54, 1.807) is 31.0 Å². The van der Waals surface area contributed by atoms with Gasteiger partial charge in [-0.05, 0) is 19.1 Å². The number of nitrogens with one attached hydrogen (secondary N) is 2. The standard InChI is InChI=1S/C14H15F3N4O/c1-9(10-7-18-21(2)8-10)19-13(22)20-12-6-4-3-5-11(12)14(15,16)17/h3-9H,1-2H3,(H2,19,20,22). The van der Waals surface area contributed by atoms with E-state index in [4.69, 9.17) is 0 Å². The van der Waals surface area contributed by atoms with Crippen LogP contribution in [0.5, 0.6) is 0 Å². The fraction of sp³-hybridized carbons (Fsp3) is 0.286. The number of alkyl halides is 3. The first-order valence-corrected chi connectivity index (χ1v) is 6.49. The zero-order valence-electron chi connectivity index (χ0n) is 12.0. The van der Waals surface area contributed by atoms with Gasteiger partial charge in [-0.25, -0.2) is 4.79 Å². The molecular formula is C14H15F3N4O. The van der Waals surface area contributed by atoms with E-state index in [1.165, 1.54) is 18.2 Å². The first kappa shape index (κ1) is 15.9. The summed E-state index contributed by atoms with van der Waals surface area (Å²) in [5, 5.41) is 8.76. The van der Waals surface area contributed by atoms with E-state index in [9.17, 15) is 18.0 Å². The Morgan fingerprint density at radius 1 is 1.32 bits per heavy atom. The molecule has 0 aliphatic carbocycles. The van der Waals surface area contributed by atoms with Crippen molar-refractivity contribution in [2.75, 3.05) is 5.32 Å². The molecule has 0 saturated heterocycles. The molecule has 1 aromatic carbocycles. The molecule has 8 heteroatoms. The smallest absolute Gasteiger partial charge is 0.331 e. The molecule has 118 valence electrons. The lowest BCUT2D eigenvalue weighted by molar-refractivity contribution is -0.136. The summed E-state index contributed by atoms with van der Waals surface area (Å²) in [6.45, 7) is 1.71. The zero-order valence-corrected chi connectivity index (χ0v) is 12.0. The number of aryl methyl sites for hydroxylation is 1. The van der Waals surface area contributed by atoms with Crippen molar-refractivity contribution in [3.05, 3.63) is 47.8 Å². The highest BCUT2D eigenvalue weighted by atomic mass is 19.4. The average Bonchev–Trinajstić information content (AvgIpc) is 2.84. The molecule has 2 amide bonds. The Morgan fingerprint density at radius 3 is 2.59 bits per heavy atom. The number of carbonyl (C=O) groups is 1. The Hall–Kier alpha value is -2.51. The number of urea groups is 1. The number of carbonyl (C=O) groups excluding carboxylic acids is 1. The molecule has 22 heavy (non-hydrogen) atoms. The van der Waals surface area contributed by atoms with Gasteiger partial charge in [-0.2, -0.15) is 18.3 Å². The molecule has 0 spiro atoms. The van der Waals surface area contributed by atoms with Crippen LogP contribution in [0, 0.1) is 0 Å². The van der Waals surface area contributed by atoms with Crippen LogP contribution in [0.2, 0.25) is 0 Å². The normalized spacial score (nSPS) is 12.8. The lowest BCUT2D eigenvalue weighted by atomic mass is 10.1. The van der Waals surface area contributed by atoms with E-state index in [0.29, 0.717) is 0 Å². The van der Waals surface area contributed by atoms with Gasteiger partial charge in [0, 0.05) is 18.8 Å². The van der Waals surface area contributed by atoms with E-state index in [2.05, 4.69) is 15.7 Å². The van der Waals surface area contributed by atoms with Crippen LogP contribution >= 0.6 is 0 Å². The van der Waals surface area contributed by atoms with Gasteiger partial charge in [0.15, 0.2) is 0 Å². The fourth-order valence-electron chi connectivity index (χ4n) is 1.94. The van der Waals surface area contributed by atoms with Crippen LogP contribution in [-0.2, 0) is 13.2 Å². The van der Waals surface area contributed by atoms with Crippen molar-refractivity contribution < 1.29 is 18.0 Å². The molecule has 2 aromatic rings. The number of rotatable bonds is 3. The van der Waals surface area contributed by atoms with Crippen LogP contribution in [0.3, 0.4) is 0 Å². The monoisotopic (exact) mass is 312 g/mol. The minimum absolute atomic E-state index is 0.286. The number of hydrogen-bond acceptors (Lipinski definition) is 2. The van der Waals surface area contributed by atoms with Crippen LogP contribution in [-0.4, -0.2) is 15.8 Å². The maximum atomic E-state index is 12.8. The summed E-state index contributed by atoms with van der Waals surface area (Å²) in [5.74, 6) is 0. The molecule has 2 N–H and O–H groups in total. The molecule has 0 aliphatic heterocycles. The van der Waals surface area contributed by atoms with Crippen LogP contribution < -0.4 is 10.6 Å². The number of para-hydroxylation sites is 1. The van der Waals surface area contributed by atoms with Gasteiger partial charge in [0.25, 0.3) is 0 Å². The first-order chi connectivity index (χ1) is 10.3. The van der Waals surface area contributed by atoms with Gasteiger partial charge in [-0.15, -0.1) is 0 Å². The molecule has 2 rings (SSSR count). The lowest BCUT2D eigenvalue weighted by Gasteiger charge is -2.16. The highest BCUT2D eigenvalue weighted by Gasteiger charge is 2.33. The summed E-state index contributed by atoms with van der Waals surface area (Å²) in [4.78, 5) is 11.9. The van der Waals surface area contributed by atoms with Crippen LogP contribution in [0.4, 0.5) is 23.7 Å². The van der Waals surface area contributed by atoms with E-state index >= 15 is 0 Å². The topological polar surface area (TPSA) is 59.0 Å². The van der Waals surface area contributed by atoms with Gasteiger partial charge < -0.3 is 10.6 Å².